The number of pyridine rings is 1. The highest BCUT2D eigenvalue weighted by Gasteiger charge is 2.32. The molecular weight excluding hydrogens is 202 g/mol. The largest absolute Gasteiger partial charge is 0.370 e. The summed E-state index contributed by atoms with van der Waals surface area (Å²) in [5, 5.41) is 8.88. The Morgan fingerprint density at radius 3 is 3.06 bits per heavy atom. The van der Waals surface area contributed by atoms with Crippen LogP contribution in [0.1, 0.15) is 37.1 Å². The van der Waals surface area contributed by atoms with Gasteiger partial charge < -0.3 is 4.74 Å². The lowest BCUT2D eigenvalue weighted by molar-refractivity contribution is -0.380. The fourth-order valence-electron chi connectivity index (χ4n) is 1.93. The zero-order valence-corrected chi connectivity index (χ0v) is 9.63. The van der Waals surface area contributed by atoms with Crippen molar-refractivity contribution in [3.8, 4) is 6.07 Å². The van der Waals surface area contributed by atoms with Gasteiger partial charge in [0, 0.05) is 12.0 Å². The molecule has 84 valence electrons. The minimum atomic E-state index is -0.121. The second kappa shape index (κ2) is 3.76. The Balaban J connectivity index is 2.41. The molecular formula is C12H16N3O+. The van der Waals surface area contributed by atoms with E-state index >= 15 is 0 Å². The first-order valence-electron chi connectivity index (χ1n) is 5.45. The highest BCUT2D eigenvalue weighted by atomic mass is 16.5. The van der Waals surface area contributed by atoms with Gasteiger partial charge in [-0.1, -0.05) is 6.92 Å². The van der Waals surface area contributed by atoms with E-state index in [0.29, 0.717) is 18.0 Å². The molecule has 0 saturated heterocycles. The zero-order valence-electron chi connectivity index (χ0n) is 9.63. The molecule has 0 spiro atoms. The average Bonchev–Trinajstić information content (AvgIpc) is 2.28. The van der Waals surface area contributed by atoms with Gasteiger partial charge in [0.15, 0.2) is 0 Å². The fraction of sp³-hybridized carbons (Fsp3) is 0.500. The summed E-state index contributed by atoms with van der Waals surface area (Å²) in [6.45, 7) is 4.75. The number of nitrogen functional groups attached to an aromatic ring is 1. The number of nitrogens with two attached hydrogens (primary N) is 1. The van der Waals surface area contributed by atoms with Gasteiger partial charge in [-0.2, -0.15) is 5.26 Å². The number of aromatic amines is 1. The lowest BCUT2D eigenvalue weighted by Gasteiger charge is -2.32. The molecule has 3 N–H and O–H groups in total. The van der Waals surface area contributed by atoms with Crippen LogP contribution < -0.4 is 10.7 Å². The Bertz CT molecular complexity index is 464. The Kier molecular flexibility index (Phi) is 2.56. The summed E-state index contributed by atoms with van der Waals surface area (Å²) < 4.78 is 5.81. The van der Waals surface area contributed by atoms with E-state index in [1.54, 1.807) is 0 Å². The molecule has 0 bridgehead atoms. The molecule has 1 aromatic rings. The normalized spacial score (nSPS) is 23.6. The van der Waals surface area contributed by atoms with Crippen molar-refractivity contribution in [3.05, 3.63) is 22.9 Å². The summed E-state index contributed by atoms with van der Waals surface area (Å²) in [5.74, 6) is 0.446. The number of anilines is 1. The Hall–Kier alpha value is -1.60. The molecule has 4 heteroatoms. The van der Waals surface area contributed by atoms with E-state index < -0.39 is 0 Å². The maximum absolute atomic E-state index is 8.88. The number of hydrogen-bond acceptors (Lipinski definition) is 3. The van der Waals surface area contributed by atoms with Crippen LogP contribution in [0.5, 0.6) is 0 Å². The highest BCUT2D eigenvalue weighted by molar-refractivity contribution is 5.46. The summed E-state index contributed by atoms with van der Waals surface area (Å²) in [7, 11) is 0. The molecule has 0 unspecified atom stereocenters. The molecule has 0 fully saturated rings. The van der Waals surface area contributed by atoms with Gasteiger partial charge in [0.05, 0.1) is 12.2 Å². The predicted molar refractivity (Wildman–Crippen MR) is 59.3 cm³/mol. The average molecular weight is 218 g/mol. The summed E-state index contributed by atoms with van der Waals surface area (Å²) in [5.41, 5.74) is 8.26. The maximum atomic E-state index is 8.88. The van der Waals surface area contributed by atoms with E-state index in [1.807, 2.05) is 6.07 Å². The standard InChI is InChI=1S/C12H15N3O/c1-3-12(2)5-10-9(7-16-12)4-8(6-13)11(14)15-10/h4H,3,5,7H2,1-2H3,(H2,14,15)/p+1/t12-/m0/s1. The molecule has 0 amide bonds. The molecule has 1 aliphatic heterocycles. The Morgan fingerprint density at radius 2 is 2.44 bits per heavy atom. The van der Waals surface area contributed by atoms with Gasteiger partial charge in [-0.05, 0) is 19.4 Å². The van der Waals surface area contributed by atoms with E-state index in [2.05, 4.69) is 24.9 Å². The highest BCUT2D eigenvalue weighted by Crippen LogP contribution is 2.29. The Labute approximate surface area is 95.0 Å². The smallest absolute Gasteiger partial charge is 0.288 e. The molecule has 1 atom stereocenters. The van der Waals surface area contributed by atoms with Crippen LogP contribution in [-0.4, -0.2) is 5.60 Å². The number of H-pyrrole nitrogens is 1. The molecule has 16 heavy (non-hydrogen) atoms. The summed E-state index contributed by atoms with van der Waals surface area (Å²) in [6, 6.07) is 3.88. The van der Waals surface area contributed by atoms with E-state index in [0.717, 1.165) is 24.1 Å². The number of hydrogen-bond donors (Lipinski definition) is 1. The molecule has 4 nitrogen and oxygen atoms in total. The van der Waals surface area contributed by atoms with Crippen molar-refractivity contribution in [2.45, 2.75) is 38.9 Å². The number of nitrogens with zero attached hydrogens (tertiary/aromatic N) is 1. The molecule has 0 aliphatic carbocycles. The first kappa shape index (κ1) is 10.9. The van der Waals surface area contributed by atoms with E-state index in [9.17, 15) is 0 Å². The van der Waals surface area contributed by atoms with Crippen LogP contribution in [0.15, 0.2) is 6.07 Å². The van der Waals surface area contributed by atoms with Gasteiger partial charge in [0.25, 0.3) is 5.82 Å². The number of ether oxygens (including phenoxy) is 1. The molecule has 0 radical (unpaired) electrons. The predicted octanol–water partition coefficient (Wildman–Crippen LogP) is 1.20. The van der Waals surface area contributed by atoms with Gasteiger partial charge in [-0.25, -0.2) is 4.98 Å². The number of nitrogens with one attached hydrogen (secondary N) is 1. The quantitative estimate of drug-likeness (QED) is 0.769. The van der Waals surface area contributed by atoms with Crippen LogP contribution in [-0.2, 0) is 17.8 Å². The SMILES string of the molecule is CC[C@@]1(C)Cc2[nH+]c(N)c(C#N)cc2CO1. The summed E-state index contributed by atoms with van der Waals surface area (Å²) >= 11 is 0. The number of aromatic nitrogens is 1. The first-order valence-corrected chi connectivity index (χ1v) is 5.45. The molecule has 2 heterocycles. The van der Waals surface area contributed by atoms with Crippen molar-refractivity contribution in [1.82, 2.24) is 0 Å². The van der Waals surface area contributed by atoms with Crippen LogP contribution in [0.25, 0.3) is 0 Å². The third-order valence-corrected chi connectivity index (χ3v) is 3.28. The van der Waals surface area contributed by atoms with E-state index in [-0.39, 0.29) is 5.60 Å². The lowest BCUT2D eigenvalue weighted by Crippen LogP contribution is -2.39. The minimum Gasteiger partial charge on any atom is -0.370 e. The van der Waals surface area contributed by atoms with Gasteiger partial charge >= 0.3 is 0 Å². The number of rotatable bonds is 1. The van der Waals surface area contributed by atoms with Crippen LogP contribution in [0, 0.1) is 11.3 Å². The topological polar surface area (TPSA) is 73.2 Å². The lowest BCUT2D eigenvalue weighted by atomic mass is 9.91. The zero-order chi connectivity index (χ0) is 11.8. The molecule has 0 aromatic carbocycles. The minimum absolute atomic E-state index is 0.121. The maximum Gasteiger partial charge on any atom is 0.288 e. The van der Waals surface area contributed by atoms with Crippen molar-refractivity contribution >= 4 is 5.82 Å². The van der Waals surface area contributed by atoms with Crippen molar-refractivity contribution < 1.29 is 9.72 Å². The molecule has 1 aromatic heterocycles. The Morgan fingerprint density at radius 1 is 1.69 bits per heavy atom. The van der Waals surface area contributed by atoms with E-state index in [1.165, 1.54) is 0 Å². The molecule has 2 rings (SSSR count). The van der Waals surface area contributed by atoms with Gasteiger partial charge in [0.1, 0.15) is 17.3 Å². The van der Waals surface area contributed by atoms with Crippen molar-refractivity contribution in [2.75, 3.05) is 5.73 Å². The van der Waals surface area contributed by atoms with Crippen molar-refractivity contribution in [2.24, 2.45) is 0 Å². The molecule has 0 saturated carbocycles. The van der Waals surface area contributed by atoms with Gasteiger partial charge in [-0.3, -0.25) is 5.73 Å². The second-order valence-electron chi connectivity index (χ2n) is 4.48. The third-order valence-electron chi connectivity index (χ3n) is 3.28. The second-order valence-corrected chi connectivity index (χ2v) is 4.48. The van der Waals surface area contributed by atoms with Crippen LogP contribution in [0.4, 0.5) is 5.82 Å². The van der Waals surface area contributed by atoms with Crippen LogP contribution in [0.3, 0.4) is 0 Å². The van der Waals surface area contributed by atoms with E-state index in [4.69, 9.17) is 15.7 Å². The molecule has 1 aliphatic rings. The van der Waals surface area contributed by atoms with Crippen LogP contribution in [0.2, 0.25) is 0 Å². The van der Waals surface area contributed by atoms with Crippen molar-refractivity contribution in [3.63, 3.8) is 0 Å². The summed E-state index contributed by atoms with van der Waals surface area (Å²) in [4.78, 5) is 3.11. The fourth-order valence-corrected chi connectivity index (χ4v) is 1.93. The summed E-state index contributed by atoms with van der Waals surface area (Å²) in [6.07, 6.45) is 1.77. The number of fused-ring (bicyclic) bond motifs is 1. The van der Waals surface area contributed by atoms with Crippen molar-refractivity contribution in [1.29, 1.82) is 5.26 Å². The van der Waals surface area contributed by atoms with Gasteiger partial charge in [0.2, 0.25) is 0 Å². The monoisotopic (exact) mass is 218 g/mol. The number of nitriles is 1. The van der Waals surface area contributed by atoms with Crippen LogP contribution >= 0.6 is 0 Å². The van der Waals surface area contributed by atoms with Gasteiger partial charge in [-0.15, -0.1) is 0 Å². The third kappa shape index (κ3) is 1.74. The first-order chi connectivity index (χ1) is 7.58.